The summed E-state index contributed by atoms with van der Waals surface area (Å²) in [6.45, 7) is 8.88. The molecule has 90 valence electrons. The van der Waals surface area contributed by atoms with Crippen molar-refractivity contribution < 1.29 is 0 Å². The van der Waals surface area contributed by atoms with Crippen LogP contribution in [-0.2, 0) is 0 Å². The van der Waals surface area contributed by atoms with Crippen molar-refractivity contribution in [3.05, 3.63) is 0 Å². The average molecular weight is 212 g/mol. The molecule has 0 aliphatic heterocycles. The molecule has 0 aromatic heterocycles. The molecule has 0 aromatic carbocycles. The maximum Gasteiger partial charge on any atom is 0.0246 e. The van der Waals surface area contributed by atoms with E-state index < -0.39 is 0 Å². The van der Waals surface area contributed by atoms with Crippen molar-refractivity contribution >= 4 is 0 Å². The Morgan fingerprint density at radius 1 is 1.27 bits per heavy atom. The highest BCUT2D eigenvalue weighted by molar-refractivity contribution is 4.85. The second-order valence-electron chi connectivity index (χ2n) is 4.96. The fourth-order valence-corrected chi connectivity index (χ4v) is 2.97. The van der Waals surface area contributed by atoms with Gasteiger partial charge in [0.15, 0.2) is 0 Å². The zero-order valence-corrected chi connectivity index (χ0v) is 10.7. The van der Waals surface area contributed by atoms with Crippen molar-refractivity contribution in [2.24, 2.45) is 11.7 Å². The standard InChI is InChI=1S/C13H28N2/c1-4-11(3)13(10-14)15(5-2)12-8-6-7-9-12/h11-13H,4-10,14H2,1-3H3. The fraction of sp³-hybridized carbons (Fsp3) is 1.00. The van der Waals surface area contributed by atoms with Gasteiger partial charge in [0.1, 0.15) is 0 Å². The van der Waals surface area contributed by atoms with Crippen molar-refractivity contribution in [3.8, 4) is 0 Å². The van der Waals surface area contributed by atoms with Gasteiger partial charge in [-0.25, -0.2) is 0 Å². The third kappa shape index (κ3) is 3.18. The number of nitrogens with two attached hydrogens (primary N) is 1. The molecule has 2 atom stereocenters. The van der Waals surface area contributed by atoms with Gasteiger partial charge in [0.25, 0.3) is 0 Å². The van der Waals surface area contributed by atoms with Gasteiger partial charge in [0.2, 0.25) is 0 Å². The lowest BCUT2D eigenvalue weighted by Gasteiger charge is -2.38. The molecule has 0 bridgehead atoms. The summed E-state index contributed by atoms with van der Waals surface area (Å²) in [5, 5.41) is 0. The third-order valence-electron chi connectivity index (χ3n) is 4.13. The van der Waals surface area contributed by atoms with E-state index in [0.717, 1.165) is 25.0 Å². The second-order valence-corrected chi connectivity index (χ2v) is 4.96. The lowest BCUT2D eigenvalue weighted by atomic mass is 9.96. The lowest BCUT2D eigenvalue weighted by molar-refractivity contribution is 0.107. The van der Waals surface area contributed by atoms with Gasteiger partial charge >= 0.3 is 0 Å². The Balaban J connectivity index is 2.60. The molecule has 1 rings (SSSR count). The molecule has 0 aromatic rings. The van der Waals surface area contributed by atoms with Gasteiger partial charge in [-0.05, 0) is 25.3 Å². The van der Waals surface area contributed by atoms with Crippen molar-refractivity contribution in [3.63, 3.8) is 0 Å². The summed E-state index contributed by atoms with van der Waals surface area (Å²) < 4.78 is 0. The monoisotopic (exact) mass is 212 g/mol. The average Bonchev–Trinajstić information content (AvgIpc) is 2.77. The number of likely N-dealkylation sites (N-methyl/N-ethyl adjacent to an activating group) is 1. The normalized spacial score (nSPS) is 22.2. The van der Waals surface area contributed by atoms with Gasteiger partial charge in [-0.3, -0.25) is 4.90 Å². The van der Waals surface area contributed by atoms with Crippen LogP contribution >= 0.6 is 0 Å². The second kappa shape index (κ2) is 6.49. The number of hydrogen-bond donors (Lipinski definition) is 1. The highest BCUT2D eigenvalue weighted by Crippen LogP contribution is 2.27. The predicted octanol–water partition coefficient (Wildman–Crippen LogP) is 2.62. The molecule has 0 amide bonds. The molecular weight excluding hydrogens is 184 g/mol. The van der Waals surface area contributed by atoms with E-state index in [1.165, 1.54) is 32.1 Å². The Labute approximate surface area is 95.2 Å². The van der Waals surface area contributed by atoms with Crippen molar-refractivity contribution in [1.29, 1.82) is 0 Å². The first-order valence-electron chi connectivity index (χ1n) is 6.70. The van der Waals surface area contributed by atoms with E-state index in [2.05, 4.69) is 25.7 Å². The number of nitrogens with zero attached hydrogens (tertiary/aromatic N) is 1. The molecule has 1 aliphatic carbocycles. The zero-order valence-electron chi connectivity index (χ0n) is 10.7. The first-order valence-corrected chi connectivity index (χ1v) is 6.70. The van der Waals surface area contributed by atoms with Crippen molar-refractivity contribution in [1.82, 2.24) is 4.90 Å². The van der Waals surface area contributed by atoms with Gasteiger partial charge in [0.05, 0.1) is 0 Å². The first-order chi connectivity index (χ1) is 7.24. The minimum Gasteiger partial charge on any atom is -0.329 e. The van der Waals surface area contributed by atoms with Crippen LogP contribution in [0.25, 0.3) is 0 Å². The van der Waals surface area contributed by atoms with Crippen LogP contribution in [0.2, 0.25) is 0 Å². The molecule has 1 aliphatic rings. The SMILES string of the molecule is CCC(C)C(CN)N(CC)C1CCCC1. The Morgan fingerprint density at radius 3 is 2.27 bits per heavy atom. The van der Waals surface area contributed by atoms with E-state index >= 15 is 0 Å². The van der Waals surface area contributed by atoms with E-state index in [9.17, 15) is 0 Å². The van der Waals surface area contributed by atoms with Crippen LogP contribution in [0.15, 0.2) is 0 Å². The summed E-state index contributed by atoms with van der Waals surface area (Å²) in [4.78, 5) is 2.67. The van der Waals surface area contributed by atoms with Gasteiger partial charge in [-0.1, -0.05) is 40.0 Å². The Kier molecular flexibility index (Phi) is 5.62. The zero-order chi connectivity index (χ0) is 11.3. The summed E-state index contributed by atoms with van der Waals surface area (Å²) in [7, 11) is 0. The van der Waals surface area contributed by atoms with E-state index in [0.29, 0.717) is 6.04 Å². The van der Waals surface area contributed by atoms with Crippen molar-refractivity contribution in [2.45, 2.75) is 65.0 Å². The van der Waals surface area contributed by atoms with Crippen LogP contribution in [0.4, 0.5) is 0 Å². The number of hydrogen-bond acceptors (Lipinski definition) is 2. The molecule has 1 saturated carbocycles. The molecule has 0 heterocycles. The molecule has 2 nitrogen and oxygen atoms in total. The molecule has 0 radical (unpaired) electrons. The van der Waals surface area contributed by atoms with Crippen LogP contribution in [0.5, 0.6) is 0 Å². The largest absolute Gasteiger partial charge is 0.329 e. The van der Waals surface area contributed by atoms with Crippen LogP contribution < -0.4 is 5.73 Å². The molecule has 1 fully saturated rings. The fourth-order valence-electron chi connectivity index (χ4n) is 2.97. The summed E-state index contributed by atoms with van der Waals surface area (Å²) in [6.07, 6.45) is 6.85. The van der Waals surface area contributed by atoms with Crippen LogP contribution in [0.3, 0.4) is 0 Å². The molecule has 2 heteroatoms. The minimum atomic E-state index is 0.600. The maximum atomic E-state index is 5.95. The van der Waals surface area contributed by atoms with Gasteiger partial charge in [-0.2, -0.15) is 0 Å². The lowest BCUT2D eigenvalue weighted by Crippen LogP contribution is -2.49. The quantitative estimate of drug-likeness (QED) is 0.733. The Morgan fingerprint density at radius 2 is 1.87 bits per heavy atom. The van der Waals surface area contributed by atoms with Gasteiger partial charge < -0.3 is 5.73 Å². The molecular formula is C13H28N2. The topological polar surface area (TPSA) is 29.3 Å². The highest BCUT2D eigenvalue weighted by atomic mass is 15.2. The van der Waals surface area contributed by atoms with Crippen LogP contribution in [-0.4, -0.2) is 30.1 Å². The van der Waals surface area contributed by atoms with E-state index in [4.69, 9.17) is 5.73 Å². The summed E-state index contributed by atoms with van der Waals surface area (Å²) in [5.74, 6) is 0.732. The van der Waals surface area contributed by atoms with E-state index in [-0.39, 0.29) is 0 Å². The highest BCUT2D eigenvalue weighted by Gasteiger charge is 2.29. The van der Waals surface area contributed by atoms with Crippen molar-refractivity contribution in [2.75, 3.05) is 13.1 Å². The Bertz CT molecular complexity index is 164. The van der Waals surface area contributed by atoms with Crippen LogP contribution in [0.1, 0.15) is 52.9 Å². The molecule has 0 spiro atoms. The molecule has 2 unspecified atom stereocenters. The van der Waals surface area contributed by atoms with Crippen LogP contribution in [0, 0.1) is 5.92 Å². The Hall–Kier alpha value is -0.0800. The minimum absolute atomic E-state index is 0.600. The van der Waals surface area contributed by atoms with E-state index in [1.54, 1.807) is 0 Å². The smallest absolute Gasteiger partial charge is 0.0246 e. The van der Waals surface area contributed by atoms with Gasteiger partial charge in [0, 0.05) is 18.6 Å². The maximum absolute atomic E-state index is 5.95. The third-order valence-corrected chi connectivity index (χ3v) is 4.13. The van der Waals surface area contributed by atoms with Gasteiger partial charge in [-0.15, -0.1) is 0 Å². The summed E-state index contributed by atoms with van der Waals surface area (Å²) in [6, 6.07) is 1.42. The number of rotatable bonds is 6. The first kappa shape index (κ1) is 13.0. The molecule has 15 heavy (non-hydrogen) atoms. The predicted molar refractivity (Wildman–Crippen MR) is 66.9 cm³/mol. The molecule has 0 saturated heterocycles. The summed E-state index contributed by atoms with van der Waals surface area (Å²) >= 11 is 0. The summed E-state index contributed by atoms with van der Waals surface area (Å²) in [5.41, 5.74) is 5.95. The molecule has 2 N–H and O–H groups in total. The van der Waals surface area contributed by atoms with E-state index in [1.807, 2.05) is 0 Å².